The maximum atomic E-state index is 13.3. The van der Waals surface area contributed by atoms with Gasteiger partial charge >= 0.3 is 0 Å². The fraction of sp³-hybridized carbons (Fsp3) is 0.333. The maximum Gasteiger partial charge on any atom is 0.297 e. The molecule has 0 aromatic heterocycles. The number of hydrogen-bond donors (Lipinski definition) is 0. The van der Waals surface area contributed by atoms with Crippen molar-refractivity contribution < 1.29 is 41.2 Å². The molecule has 0 saturated carbocycles. The lowest BCUT2D eigenvalue weighted by molar-refractivity contribution is -0.384. The lowest BCUT2D eigenvalue weighted by Gasteiger charge is -2.48. The van der Waals surface area contributed by atoms with Gasteiger partial charge in [0.05, 0.1) is 23.0 Å². The van der Waals surface area contributed by atoms with Crippen LogP contribution in [0.1, 0.15) is 17.4 Å². The van der Waals surface area contributed by atoms with Crippen LogP contribution >= 0.6 is 0 Å². The van der Waals surface area contributed by atoms with Gasteiger partial charge in [0.2, 0.25) is 0 Å². The lowest BCUT2D eigenvalue weighted by atomic mass is 9.97. The summed E-state index contributed by atoms with van der Waals surface area (Å²) in [6, 6.07) is 23.1. The van der Waals surface area contributed by atoms with Crippen LogP contribution < -0.4 is 0 Å². The van der Waals surface area contributed by atoms with Crippen molar-refractivity contribution in [3.63, 3.8) is 0 Å². The Bertz CT molecular complexity index is 1350. The van der Waals surface area contributed by atoms with E-state index in [-0.39, 0.29) is 23.8 Å². The van der Waals surface area contributed by atoms with Crippen molar-refractivity contribution in [1.82, 2.24) is 0 Å². The monoisotopic (exact) mass is 557 g/mol. The van der Waals surface area contributed by atoms with Gasteiger partial charge in [-0.15, -0.1) is 0 Å². The zero-order chi connectivity index (χ0) is 27.4. The molecule has 0 bridgehead atoms. The van der Waals surface area contributed by atoms with Crippen LogP contribution in [0.15, 0.2) is 89.8 Å². The summed E-state index contributed by atoms with van der Waals surface area (Å²) in [5.41, 5.74) is 1.39. The largest absolute Gasteiger partial charge is 0.368 e. The van der Waals surface area contributed by atoms with Crippen LogP contribution in [0.25, 0.3) is 0 Å². The van der Waals surface area contributed by atoms with E-state index in [4.69, 9.17) is 27.9 Å². The van der Waals surface area contributed by atoms with Gasteiger partial charge in [-0.2, -0.15) is 8.42 Å². The van der Waals surface area contributed by atoms with Crippen molar-refractivity contribution in [1.29, 1.82) is 0 Å². The molecule has 3 aromatic rings. The zero-order valence-electron chi connectivity index (χ0n) is 20.9. The average Bonchev–Trinajstić information content (AvgIpc) is 2.97. The van der Waals surface area contributed by atoms with Crippen LogP contribution in [0, 0.1) is 10.1 Å². The van der Waals surface area contributed by atoms with E-state index in [0.717, 1.165) is 35.4 Å². The molecule has 0 amide bonds. The van der Waals surface area contributed by atoms with Gasteiger partial charge in [-0.1, -0.05) is 60.7 Å². The van der Waals surface area contributed by atoms with Gasteiger partial charge in [0.15, 0.2) is 18.7 Å². The standard InChI is InChI=1S/C27H27NO10S/c1-33-27-25(38-39(31,32)21-14-12-20(13-15-21)28(29)30)24(34-16-18-8-4-2-5-9-18)23-22(36-27)17-35-26(37-23)19-10-6-3-7-11-19/h2-15,22-27H,16-17H2,1H3/t22-,23-,24+,25+,26-,27-/m1/s1. The molecule has 0 spiro atoms. The van der Waals surface area contributed by atoms with Crippen LogP contribution in [0.3, 0.4) is 0 Å². The van der Waals surface area contributed by atoms with E-state index in [1.165, 1.54) is 7.11 Å². The molecular formula is C27H27NO10S. The first-order valence-corrected chi connectivity index (χ1v) is 13.6. The first kappa shape index (κ1) is 27.3. The summed E-state index contributed by atoms with van der Waals surface area (Å²) in [7, 11) is -3.05. The number of benzene rings is 3. The van der Waals surface area contributed by atoms with Crippen molar-refractivity contribution in [2.45, 2.75) is 48.5 Å². The summed E-state index contributed by atoms with van der Waals surface area (Å²) in [6.45, 7) is 0.292. The number of nitro benzene ring substituents is 1. The van der Waals surface area contributed by atoms with Crippen molar-refractivity contribution in [2.75, 3.05) is 13.7 Å². The minimum atomic E-state index is -4.41. The number of nitro groups is 1. The van der Waals surface area contributed by atoms with E-state index >= 15 is 0 Å². The van der Waals surface area contributed by atoms with Gasteiger partial charge in [-0.3, -0.25) is 14.3 Å². The summed E-state index contributed by atoms with van der Waals surface area (Å²) < 4.78 is 62.2. The van der Waals surface area contributed by atoms with Crippen molar-refractivity contribution in [2.24, 2.45) is 0 Å². The molecule has 0 radical (unpaired) electrons. The first-order valence-electron chi connectivity index (χ1n) is 12.2. The zero-order valence-corrected chi connectivity index (χ0v) is 21.7. The van der Waals surface area contributed by atoms with Crippen molar-refractivity contribution >= 4 is 15.8 Å². The fourth-order valence-electron chi connectivity index (χ4n) is 4.51. The molecular weight excluding hydrogens is 530 g/mol. The number of fused-ring (bicyclic) bond motifs is 1. The summed E-state index contributed by atoms with van der Waals surface area (Å²) in [4.78, 5) is 10.1. The third-order valence-electron chi connectivity index (χ3n) is 6.45. The molecule has 0 aliphatic carbocycles. The lowest BCUT2D eigenvalue weighted by Crippen LogP contribution is -2.63. The Morgan fingerprint density at radius 3 is 2.23 bits per heavy atom. The van der Waals surface area contributed by atoms with E-state index in [2.05, 4.69) is 0 Å². The van der Waals surface area contributed by atoms with Crippen LogP contribution in [0.5, 0.6) is 0 Å². The molecule has 3 aromatic carbocycles. The second-order valence-electron chi connectivity index (χ2n) is 8.98. The van der Waals surface area contributed by atoms with Crippen molar-refractivity contribution in [3.8, 4) is 0 Å². The van der Waals surface area contributed by atoms with E-state index in [1.54, 1.807) is 0 Å². The first-order chi connectivity index (χ1) is 18.9. The maximum absolute atomic E-state index is 13.3. The SMILES string of the molecule is CO[C@@H]1O[C@@H]2CO[C@@H](c3ccccc3)O[C@H]2[C@H](OCc2ccccc2)[C@@H]1OS(=O)(=O)c1ccc([N+](=O)[O-])cc1. The van der Waals surface area contributed by atoms with Crippen LogP contribution in [0.4, 0.5) is 5.69 Å². The molecule has 2 aliphatic heterocycles. The van der Waals surface area contributed by atoms with Crippen LogP contribution in [-0.4, -0.2) is 57.8 Å². The van der Waals surface area contributed by atoms with E-state index in [0.29, 0.717) is 0 Å². The topological polar surface area (TPSA) is 133 Å². The number of rotatable bonds is 9. The molecule has 2 saturated heterocycles. The Morgan fingerprint density at radius 2 is 1.59 bits per heavy atom. The highest BCUT2D eigenvalue weighted by atomic mass is 32.2. The van der Waals surface area contributed by atoms with Crippen molar-refractivity contribution in [3.05, 3.63) is 106 Å². The van der Waals surface area contributed by atoms with Gasteiger partial charge < -0.3 is 23.7 Å². The molecule has 2 aliphatic rings. The highest BCUT2D eigenvalue weighted by molar-refractivity contribution is 7.86. The second-order valence-corrected chi connectivity index (χ2v) is 10.6. The molecule has 6 atom stereocenters. The Balaban J connectivity index is 1.45. The molecule has 12 heteroatoms. The Kier molecular flexibility index (Phi) is 8.33. The fourth-order valence-corrected chi connectivity index (χ4v) is 5.58. The van der Waals surface area contributed by atoms with Gasteiger partial charge in [-0.25, -0.2) is 0 Å². The molecule has 206 valence electrons. The van der Waals surface area contributed by atoms with E-state index < -0.39 is 52.0 Å². The van der Waals surface area contributed by atoms with Gasteiger partial charge in [0.1, 0.15) is 18.3 Å². The Hall–Kier alpha value is -3.23. The summed E-state index contributed by atoms with van der Waals surface area (Å²) in [5, 5.41) is 11.0. The summed E-state index contributed by atoms with van der Waals surface area (Å²) >= 11 is 0. The molecule has 5 rings (SSSR count). The molecule has 0 unspecified atom stereocenters. The minimum Gasteiger partial charge on any atom is -0.368 e. The molecule has 39 heavy (non-hydrogen) atoms. The molecule has 11 nitrogen and oxygen atoms in total. The highest BCUT2D eigenvalue weighted by Crippen LogP contribution is 2.38. The quantitative estimate of drug-likeness (QED) is 0.218. The number of hydrogen-bond acceptors (Lipinski definition) is 10. The van der Waals surface area contributed by atoms with Gasteiger partial charge in [-0.05, 0) is 17.7 Å². The second kappa shape index (κ2) is 11.9. The van der Waals surface area contributed by atoms with Crippen LogP contribution in [-0.2, 0) is 44.6 Å². The van der Waals surface area contributed by atoms with Gasteiger partial charge in [0.25, 0.3) is 15.8 Å². The predicted octanol–water partition coefficient (Wildman–Crippen LogP) is 3.74. The number of nitrogens with zero attached hydrogens (tertiary/aromatic N) is 1. The molecule has 2 heterocycles. The third kappa shape index (κ3) is 6.17. The normalized spacial score (nSPS) is 27.0. The predicted molar refractivity (Wildman–Crippen MR) is 136 cm³/mol. The van der Waals surface area contributed by atoms with E-state index in [1.807, 2.05) is 60.7 Å². The highest BCUT2D eigenvalue weighted by Gasteiger charge is 2.53. The summed E-state index contributed by atoms with van der Waals surface area (Å²) in [5.74, 6) is 0. The smallest absolute Gasteiger partial charge is 0.297 e. The van der Waals surface area contributed by atoms with Crippen LogP contribution in [0.2, 0.25) is 0 Å². The average molecular weight is 558 g/mol. The summed E-state index contributed by atoms with van der Waals surface area (Å²) in [6.07, 6.45) is -5.48. The van der Waals surface area contributed by atoms with E-state index in [9.17, 15) is 18.5 Å². The van der Waals surface area contributed by atoms with Gasteiger partial charge in [0, 0.05) is 24.8 Å². The number of methoxy groups -OCH3 is 1. The Morgan fingerprint density at radius 1 is 0.923 bits per heavy atom. The number of ether oxygens (including phenoxy) is 5. The molecule has 2 fully saturated rings. The Labute approximate surface area is 225 Å². The third-order valence-corrected chi connectivity index (χ3v) is 7.77. The number of non-ortho nitro benzene ring substituents is 1. The minimum absolute atomic E-state index is 0.142. The molecule has 0 N–H and O–H groups in total.